The van der Waals surface area contributed by atoms with Crippen LogP contribution >= 0.6 is 34.9 Å². The van der Waals surface area contributed by atoms with Crippen molar-refractivity contribution in [3.8, 4) is 0 Å². The molecule has 3 aromatic carbocycles. The van der Waals surface area contributed by atoms with Gasteiger partial charge in [0.15, 0.2) is 4.34 Å². The van der Waals surface area contributed by atoms with Crippen molar-refractivity contribution in [2.45, 2.75) is 29.8 Å². The third-order valence-electron chi connectivity index (χ3n) is 5.38. The molecule has 1 amide bonds. The minimum atomic E-state index is -0.126. The van der Waals surface area contributed by atoms with E-state index in [1.807, 2.05) is 43.3 Å². The zero-order valence-electron chi connectivity index (χ0n) is 20.3. The van der Waals surface area contributed by atoms with Crippen LogP contribution in [0, 0.1) is 0 Å². The standard InChI is InChI=1S/C26H25N7OS3/c1-3-12-35-26-28-21-11-10-20(14-22(21)37-26)27-23(34)15-36-25-29-24(32-33-25)31-30-16(2)18-9-8-17-6-4-5-7-19(17)13-18/h4-11,13-14H,3,12,15H2,1-2H3,(H,27,34)(H2,29,31,32,33)/b30-16-. The predicted octanol–water partition coefficient (Wildman–Crippen LogP) is 6.64. The molecule has 5 rings (SSSR count). The van der Waals surface area contributed by atoms with E-state index in [1.165, 1.54) is 17.1 Å². The highest BCUT2D eigenvalue weighted by Gasteiger charge is 2.10. The van der Waals surface area contributed by atoms with Crippen LogP contribution in [0.4, 0.5) is 11.6 Å². The summed E-state index contributed by atoms with van der Waals surface area (Å²) in [6, 6.07) is 20.2. The summed E-state index contributed by atoms with van der Waals surface area (Å²) in [4.78, 5) is 21.5. The molecule has 0 fully saturated rings. The lowest BCUT2D eigenvalue weighted by Gasteiger charge is -2.04. The molecule has 5 aromatic rings. The Morgan fingerprint density at radius 1 is 1.05 bits per heavy atom. The van der Waals surface area contributed by atoms with Crippen molar-refractivity contribution in [3.05, 3.63) is 66.2 Å². The zero-order valence-corrected chi connectivity index (χ0v) is 22.8. The van der Waals surface area contributed by atoms with Gasteiger partial charge in [-0.15, -0.1) is 16.4 Å². The number of hydrogen-bond donors (Lipinski definition) is 3. The van der Waals surface area contributed by atoms with Gasteiger partial charge in [-0.3, -0.25) is 4.79 Å². The number of H-pyrrole nitrogens is 1. The molecular formula is C26H25N7OS3. The first kappa shape index (κ1) is 25.2. The number of fused-ring (bicyclic) bond motifs is 2. The van der Waals surface area contributed by atoms with Crippen molar-refractivity contribution < 1.29 is 4.79 Å². The SMILES string of the molecule is CCCSc1nc2ccc(NC(=O)CSc3n[nH]c(N/N=C(/C)c4ccc5ccccc5c4)n3)cc2s1. The monoisotopic (exact) mass is 547 g/mol. The lowest BCUT2D eigenvalue weighted by atomic mass is 10.0. The molecule has 0 saturated carbocycles. The van der Waals surface area contributed by atoms with Gasteiger partial charge in [0, 0.05) is 11.4 Å². The minimum Gasteiger partial charge on any atom is -0.325 e. The number of anilines is 2. The van der Waals surface area contributed by atoms with Crippen LogP contribution in [0.2, 0.25) is 0 Å². The number of rotatable bonds is 10. The summed E-state index contributed by atoms with van der Waals surface area (Å²) in [7, 11) is 0. The van der Waals surface area contributed by atoms with E-state index in [4.69, 9.17) is 0 Å². The van der Waals surface area contributed by atoms with Crippen molar-refractivity contribution in [1.82, 2.24) is 20.2 Å². The van der Waals surface area contributed by atoms with Crippen LogP contribution in [0.3, 0.4) is 0 Å². The molecular weight excluding hydrogens is 523 g/mol. The van der Waals surface area contributed by atoms with Crippen LogP contribution in [-0.2, 0) is 4.79 Å². The van der Waals surface area contributed by atoms with E-state index in [0.29, 0.717) is 11.1 Å². The molecule has 0 aliphatic rings. The normalized spacial score (nSPS) is 11.8. The molecule has 3 N–H and O–H groups in total. The van der Waals surface area contributed by atoms with Crippen LogP contribution in [-0.4, -0.2) is 43.3 Å². The summed E-state index contributed by atoms with van der Waals surface area (Å²) < 4.78 is 2.12. The topological polar surface area (TPSA) is 108 Å². The number of nitrogens with one attached hydrogen (secondary N) is 3. The molecule has 11 heteroatoms. The van der Waals surface area contributed by atoms with Crippen LogP contribution in [0.5, 0.6) is 0 Å². The Kier molecular flexibility index (Phi) is 8.02. The number of aromatic nitrogens is 4. The predicted molar refractivity (Wildman–Crippen MR) is 156 cm³/mol. The third-order valence-corrected chi connectivity index (χ3v) is 8.59. The Hall–Kier alpha value is -3.41. The number of hydrogen-bond acceptors (Lipinski definition) is 9. The molecule has 2 heterocycles. The second-order valence-electron chi connectivity index (χ2n) is 8.19. The molecule has 0 bridgehead atoms. The lowest BCUT2D eigenvalue weighted by molar-refractivity contribution is -0.113. The first-order valence-corrected chi connectivity index (χ1v) is 14.5. The maximum atomic E-state index is 12.5. The lowest BCUT2D eigenvalue weighted by Crippen LogP contribution is -2.14. The maximum absolute atomic E-state index is 12.5. The van der Waals surface area contributed by atoms with Gasteiger partial charge in [-0.1, -0.05) is 66.8 Å². The Labute approximate surface area is 226 Å². The molecule has 8 nitrogen and oxygen atoms in total. The number of amides is 1. The molecule has 0 atom stereocenters. The number of carbonyl (C=O) groups excluding carboxylic acids is 1. The molecule has 0 unspecified atom stereocenters. The average molecular weight is 548 g/mol. The van der Waals surface area contributed by atoms with Gasteiger partial charge in [0.2, 0.25) is 17.0 Å². The van der Waals surface area contributed by atoms with Gasteiger partial charge in [-0.25, -0.2) is 15.5 Å². The largest absolute Gasteiger partial charge is 0.325 e. The average Bonchev–Trinajstić information content (AvgIpc) is 3.55. The second kappa shape index (κ2) is 11.8. The fraction of sp³-hybridized carbons (Fsp3) is 0.192. The van der Waals surface area contributed by atoms with Gasteiger partial charge >= 0.3 is 0 Å². The van der Waals surface area contributed by atoms with Crippen molar-refractivity contribution in [2.75, 3.05) is 22.2 Å². The van der Waals surface area contributed by atoms with E-state index in [0.717, 1.165) is 49.1 Å². The molecule has 188 valence electrons. The Bertz CT molecular complexity index is 1580. The summed E-state index contributed by atoms with van der Waals surface area (Å²) in [6.45, 7) is 4.09. The highest BCUT2D eigenvalue weighted by Crippen LogP contribution is 2.31. The number of carbonyl (C=O) groups is 1. The molecule has 2 aromatic heterocycles. The Morgan fingerprint density at radius 2 is 1.92 bits per heavy atom. The minimum absolute atomic E-state index is 0.126. The summed E-state index contributed by atoms with van der Waals surface area (Å²) in [5, 5.41) is 17.1. The third kappa shape index (κ3) is 6.48. The summed E-state index contributed by atoms with van der Waals surface area (Å²) in [5.41, 5.74) is 6.46. The number of aromatic amines is 1. The van der Waals surface area contributed by atoms with Gasteiger partial charge in [-0.2, -0.15) is 10.1 Å². The Balaban J connectivity index is 1.13. The summed E-state index contributed by atoms with van der Waals surface area (Å²) in [6.07, 6.45) is 1.11. The molecule has 0 saturated heterocycles. The maximum Gasteiger partial charge on any atom is 0.240 e. The van der Waals surface area contributed by atoms with Crippen LogP contribution in [0.25, 0.3) is 21.0 Å². The summed E-state index contributed by atoms with van der Waals surface area (Å²) in [5.74, 6) is 1.53. The van der Waals surface area contributed by atoms with Gasteiger partial charge in [-0.05, 0) is 53.9 Å². The molecule has 0 radical (unpaired) electrons. The first-order valence-electron chi connectivity index (χ1n) is 11.8. The van der Waals surface area contributed by atoms with Gasteiger partial charge in [0.05, 0.1) is 21.7 Å². The highest BCUT2D eigenvalue weighted by molar-refractivity contribution is 8.01. The van der Waals surface area contributed by atoms with E-state index in [9.17, 15) is 4.79 Å². The van der Waals surface area contributed by atoms with E-state index < -0.39 is 0 Å². The van der Waals surface area contributed by atoms with E-state index in [-0.39, 0.29) is 11.7 Å². The van der Waals surface area contributed by atoms with Gasteiger partial charge in [0.1, 0.15) is 0 Å². The number of thioether (sulfide) groups is 2. The van der Waals surface area contributed by atoms with E-state index in [1.54, 1.807) is 23.1 Å². The number of thiazole rings is 1. The number of nitrogens with zero attached hydrogens (tertiary/aromatic N) is 4. The van der Waals surface area contributed by atoms with E-state index in [2.05, 4.69) is 67.2 Å². The van der Waals surface area contributed by atoms with Crippen molar-refractivity contribution in [3.63, 3.8) is 0 Å². The van der Waals surface area contributed by atoms with Crippen LogP contribution in [0.15, 0.2) is 75.3 Å². The zero-order chi connectivity index (χ0) is 25.6. The molecule has 0 aliphatic carbocycles. The highest BCUT2D eigenvalue weighted by atomic mass is 32.2. The molecule has 0 aliphatic heterocycles. The fourth-order valence-corrected chi connectivity index (χ4v) is 6.17. The van der Waals surface area contributed by atoms with E-state index >= 15 is 0 Å². The fourth-order valence-electron chi connectivity index (χ4n) is 3.54. The van der Waals surface area contributed by atoms with Gasteiger partial charge < -0.3 is 5.32 Å². The number of hydrazone groups is 1. The first-order chi connectivity index (χ1) is 18.1. The molecule has 37 heavy (non-hydrogen) atoms. The Morgan fingerprint density at radius 3 is 2.78 bits per heavy atom. The van der Waals surface area contributed by atoms with Crippen molar-refractivity contribution in [2.24, 2.45) is 5.10 Å². The smallest absolute Gasteiger partial charge is 0.240 e. The summed E-state index contributed by atoms with van der Waals surface area (Å²) >= 11 is 4.67. The van der Waals surface area contributed by atoms with Crippen LogP contribution < -0.4 is 10.7 Å². The molecule has 0 spiro atoms. The number of benzene rings is 3. The van der Waals surface area contributed by atoms with Crippen molar-refractivity contribution >= 4 is 79.1 Å². The van der Waals surface area contributed by atoms with Gasteiger partial charge in [0.25, 0.3) is 0 Å². The van der Waals surface area contributed by atoms with Crippen LogP contribution in [0.1, 0.15) is 25.8 Å². The quantitative estimate of drug-likeness (QED) is 0.102. The second-order valence-corrected chi connectivity index (χ2v) is 11.5. The van der Waals surface area contributed by atoms with Crippen molar-refractivity contribution in [1.29, 1.82) is 0 Å².